The van der Waals surface area contributed by atoms with E-state index in [0.29, 0.717) is 0 Å². The van der Waals surface area contributed by atoms with Crippen molar-refractivity contribution in [1.82, 2.24) is 0 Å². The van der Waals surface area contributed by atoms with Crippen molar-refractivity contribution >= 4 is 23.8 Å². The molecule has 0 radical (unpaired) electrons. The Morgan fingerprint density at radius 3 is 1.50 bits per heavy atom. The molecule has 0 saturated carbocycles. The fraction of sp³-hybridized carbons (Fsp3) is 0.0286. The van der Waals surface area contributed by atoms with Crippen LogP contribution in [-0.2, 0) is 17.1 Å². The van der Waals surface area contributed by atoms with E-state index in [1.807, 2.05) is 24.3 Å². The summed E-state index contributed by atoms with van der Waals surface area (Å²) in [5.41, 5.74) is 5.11. The van der Waals surface area contributed by atoms with Gasteiger partial charge in [0.2, 0.25) is 0 Å². The van der Waals surface area contributed by atoms with Gasteiger partial charge < -0.3 is 4.74 Å². The van der Waals surface area contributed by atoms with Crippen LogP contribution in [0.5, 0.6) is 5.75 Å². The molecule has 1 nitrogen and oxygen atoms in total. The Balaban J connectivity index is 0.000000204. The molecule has 6 aromatic carbocycles. The van der Waals surface area contributed by atoms with E-state index in [-0.39, 0.29) is 17.1 Å². The van der Waals surface area contributed by atoms with Gasteiger partial charge in [-0.1, -0.05) is 107 Å². The molecular weight excluding hydrogens is 523 g/mol. The van der Waals surface area contributed by atoms with E-state index in [1.54, 1.807) is 7.11 Å². The van der Waals surface area contributed by atoms with Crippen LogP contribution in [0.15, 0.2) is 158 Å². The Bertz CT molecular complexity index is 1430. The minimum Gasteiger partial charge on any atom is -0.498 e. The van der Waals surface area contributed by atoms with E-state index < -0.39 is 7.92 Å². The smallest absolute Gasteiger partial charge is 0.498 e. The van der Waals surface area contributed by atoms with Crippen LogP contribution in [0.25, 0.3) is 22.3 Å². The average Bonchev–Trinajstić information content (AvgIpc) is 3.71. The van der Waals surface area contributed by atoms with Crippen molar-refractivity contribution in [3.05, 3.63) is 158 Å². The van der Waals surface area contributed by atoms with Gasteiger partial charge in [-0.3, -0.25) is 0 Å². The molecule has 6 rings (SSSR count). The maximum Gasteiger partial charge on any atom is 2.00 e. The Morgan fingerprint density at radius 2 is 0.974 bits per heavy atom. The van der Waals surface area contributed by atoms with E-state index in [9.17, 15) is 0 Å². The molecular formula is C35H29FeOP. The fourth-order valence-electron chi connectivity index (χ4n) is 4.40. The van der Waals surface area contributed by atoms with Crippen LogP contribution in [0.3, 0.4) is 0 Å². The quantitative estimate of drug-likeness (QED) is 0.116. The fourth-order valence-corrected chi connectivity index (χ4v) is 6.87. The van der Waals surface area contributed by atoms with Crippen molar-refractivity contribution in [3.63, 3.8) is 0 Å². The zero-order valence-corrected chi connectivity index (χ0v) is 23.2. The zero-order valence-electron chi connectivity index (χ0n) is 21.2. The van der Waals surface area contributed by atoms with Gasteiger partial charge in [-0.05, 0) is 18.5 Å². The number of hydrogen-bond donors (Lipinski definition) is 0. The summed E-state index contributed by atoms with van der Waals surface area (Å²) in [6.07, 6.45) is 0. The first-order valence-electron chi connectivity index (χ1n) is 12.4. The van der Waals surface area contributed by atoms with Gasteiger partial charge in [-0.2, -0.15) is 24.3 Å². The average molecular weight is 552 g/mol. The molecule has 0 amide bonds. The maximum atomic E-state index is 5.09. The van der Waals surface area contributed by atoms with Gasteiger partial charge in [-0.15, -0.1) is 53.6 Å². The molecule has 0 aliphatic carbocycles. The SMILES string of the molecule is COc1ccc(-[c-]2cccc2)cc1.[Fe+2].c1ccc(P(c2ccccc2)c2ccccc2-[c-]2cccc2)cc1. The molecule has 0 aliphatic heterocycles. The molecule has 0 heterocycles. The van der Waals surface area contributed by atoms with Crippen LogP contribution in [0.4, 0.5) is 0 Å². The predicted octanol–water partition coefficient (Wildman–Crippen LogP) is 7.91. The number of rotatable bonds is 6. The minimum atomic E-state index is -0.572. The van der Waals surface area contributed by atoms with Crippen LogP contribution in [-0.4, -0.2) is 7.11 Å². The second-order valence-electron chi connectivity index (χ2n) is 8.60. The first-order valence-corrected chi connectivity index (χ1v) is 13.7. The van der Waals surface area contributed by atoms with Crippen LogP contribution in [0.2, 0.25) is 0 Å². The molecule has 0 N–H and O–H groups in total. The van der Waals surface area contributed by atoms with Crippen molar-refractivity contribution in [2.75, 3.05) is 7.11 Å². The van der Waals surface area contributed by atoms with Gasteiger partial charge in [0.15, 0.2) is 0 Å². The first-order chi connectivity index (χ1) is 18.3. The van der Waals surface area contributed by atoms with Crippen molar-refractivity contribution in [2.45, 2.75) is 0 Å². The van der Waals surface area contributed by atoms with E-state index >= 15 is 0 Å². The first kappa shape index (κ1) is 27.4. The predicted molar refractivity (Wildman–Crippen MR) is 160 cm³/mol. The topological polar surface area (TPSA) is 9.23 Å². The number of methoxy groups -OCH3 is 1. The van der Waals surface area contributed by atoms with Crippen LogP contribution in [0.1, 0.15) is 0 Å². The zero-order chi connectivity index (χ0) is 25.3. The summed E-state index contributed by atoms with van der Waals surface area (Å²) in [4.78, 5) is 0. The number of ether oxygens (including phenoxy) is 1. The third-order valence-corrected chi connectivity index (χ3v) is 8.73. The second-order valence-corrected chi connectivity index (χ2v) is 10.8. The number of hydrogen-bond acceptors (Lipinski definition) is 1. The molecule has 0 fully saturated rings. The molecule has 0 atom stereocenters. The third-order valence-electron chi connectivity index (χ3n) is 6.23. The van der Waals surface area contributed by atoms with Crippen molar-refractivity contribution in [1.29, 1.82) is 0 Å². The van der Waals surface area contributed by atoms with Crippen molar-refractivity contribution in [3.8, 4) is 28.0 Å². The Kier molecular flexibility index (Phi) is 9.90. The molecule has 0 aromatic heterocycles. The molecule has 0 aliphatic rings. The molecule has 6 aromatic rings. The minimum absolute atomic E-state index is 0. The summed E-state index contributed by atoms with van der Waals surface area (Å²) in [5, 5.41) is 4.19. The van der Waals surface area contributed by atoms with Crippen molar-refractivity contribution < 1.29 is 21.8 Å². The van der Waals surface area contributed by atoms with Gasteiger partial charge in [0.1, 0.15) is 5.75 Å². The Labute approximate surface area is 237 Å². The van der Waals surface area contributed by atoms with Crippen molar-refractivity contribution in [2.24, 2.45) is 0 Å². The van der Waals surface area contributed by atoms with Crippen LogP contribution in [0, 0.1) is 0 Å². The number of benzene rings is 4. The molecule has 0 saturated heterocycles. The van der Waals surface area contributed by atoms with Crippen LogP contribution < -0.4 is 20.7 Å². The molecule has 0 spiro atoms. The van der Waals surface area contributed by atoms with Gasteiger partial charge in [-0.25, -0.2) is 0 Å². The maximum absolute atomic E-state index is 5.09. The Hall–Kier alpha value is -3.67. The summed E-state index contributed by atoms with van der Waals surface area (Å²) in [6, 6.07) is 55.5. The Morgan fingerprint density at radius 1 is 0.500 bits per heavy atom. The van der Waals surface area contributed by atoms with Gasteiger partial charge in [0, 0.05) is 0 Å². The largest absolute Gasteiger partial charge is 2.00 e. The standard InChI is InChI=1S/C23H18P.C12H11O.Fe/c1-3-13-20(14-4-1)24(21-15-5-2-6-16-21)23-18-10-9-17-22(23)19-11-7-8-12-19;1-13-12-8-6-11(7-9-12)10-4-2-3-5-10;/h1-18H;2-9H,1H3;/q2*-1;+2. The molecule has 188 valence electrons. The summed E-state index contributed by atoms with van der Waals surface area (Å²) < 4.78 is 5.09. The summed E-state index contributed by atoms with van der Waals surface area (Å²) in [6.45, 7) is 0. The normalized spacial score (nSPS) is 10.3. The summed E-state index contributed by atoms with van der Waals surface area (Å²) in [5.74, 6) is 0.898. The van der Waals surface area contributed by atoms with Gasteiger partial charge in [0.25, 0.3) is 0 Å². The molecule has 38 heavy (non-hydrogen) atoms. The summed E-state index contributed by atoms with van der Waals surface area (Å²) >= 11 is 0. The monoisotopic (exact) mass is 552 g/mol. The second kappa shape index (κ2) is 13.8. The van der Waals surface area contributed by atoms with E-state index in [2.05, 4.69) is 133 Å². The van der Waals surface area contributed by atoms with Gasteiger partial charge >= 0.3 is 17.1 Å². The summed E-state index contributed by atoms with van der Waals surface area (Å²) in [7, 11) is 1.11. The molecule has 0 unspecified atom stereocenters. The van der Waals surface area contributed by atoms with Gasteiger partial charge in [0.05, 0.1) is 7.11 Å². The molecule has 3 heteroatoms. The van der Waals surface area contributed by atoms with E-state index in [0.717, 1.165) is 5.75 Å². The van der Waals surface area contributed by atoms with E-state index in [4.69, 9.17) is 4.74 Å². The van der Waals surface area contributed by atoms with E-state index in [1.165, 1.54) is 38.2 Å². The third kappa shape index (κ3) is 6.60. The molecule has 0 bridgehead atoms. The van der Waals surface area contributed by atoms with Crippen LogP contribution >= 0.6 is 7.92 Å².